The highest BCUT2D eigenvalue weighted by atomic mass is 35.5. The number of halogens is 1. The van der Waals surface area contributed by atoms with E-state index in [0.29, 0.717) is 5.56 Å². The number of alkyl halides is 1. The number of ether oxygens (including phenoxy) is 1. The Morgan fingerprint density at radius 1 is 1.26 bits per heavy atom. The molecule has 1 heterocycles. The molecule has 0 aliphatic heterocycles. The van der Waals surface area contributed by atoms with Crippen LogP contribution in [0.2, 0.25) is 0 Å². The van der Waals surface area contributed by atoms with Crippen LogP contribution in [0.4, 0.5) is 0 Å². The highest BCUT2D eigenvalue weighted by Gasteiger charge is 2.08. The third kappa shape index (κ3) is 2.51. The van der Waals surface area contributed by atoms with Gasteiger partial charge in [0.1, 0.15) is 5.75 Å². The molecule has 0 N–H and O–H groups in total. The molecule has 0 spiro atoms. The van der Waals surface area contributed by atoms with E-state index in [2.05, 4.69) is 0 Å². The lowest BCUT2D eigenvalue weighted by molar-refractivity contribution is 0.412. The molecule has 2 aromatic rings. The summed E-state index contributed by atoms with van der Waals surface area (Å²) < 4.78 is 6.86. The fourth-order valence-corrected chi connectivity index (χ4v) is 2.32. The monoisotopic (exact) mass is 277 g/mol. The number of methoxy groups -OCH3 is 1. The fraction of sp³-hybridized carbons (Fsp3) is 0.267. The second kappa shape index (κ2) is 5.49. The summed E-state index contributed by atoms with van der Waals surface area (Å²) in [4.78, 5) is 12.1. The number of benzene rings is 1. The van der Waals surface area contributed by atoms with Crippen LogP contribution in [-0.2, 0) is 12.9 Å². The van der Waals surface area contributed by atoms with Gasteiger partial charge in [-0.25, -0.2) is 0 Å². The van der Waals surface area contributed by atoms with Gasteiger partial charge in [0.15, 0.2) is 0 Å². The molecule has 100 valence electrons. The largest absolute Gasteiger partial charge is 0.496 e. The van der Waals surface area contributed by atoms with E-state index >= 15 is 0 Å². The van der Waals surface area contributed by atoms with Crippen LogP contribution in [0.1, 0.15) is 11.1 Å². The third-order valence-corrected chi connectivity index (χ3v) is 3.51. The van der Waals surface area contributed by atoms with Crippen molar-refractivity contribution in [1.29, 1.82) is 0 Å². The van der Waals surface area contributed by atoms with Crippen molar-refractivity contribution in [1.82, 2.24) is 4.57 Å². The number of hydrogen-bond donors (Lipinski definition) is 0. The molecule has 0 aliphatic rings. The molecule has 0 amide bonds. The van der Waals surface area contributed by atoms with Gasteiger partial charge in [0.05, 0.1) is 18.7 Å². The minimum absolute atomic E-state index is 0.0547. The Hall–Kier alpha value is -1.74. The number of aryl methyl sites for hydroxylation is 1. The van der Waals surface area contributed by atoms with Crippen LogP contribution in [0.3, 0.4) is 0 Å². The molecule has 0 radical (unpaired) electrons. The van der Waals surface area contributed by atoms with Crippen molar-refractivity contribution in [3.05, 3.63) is 51.8 Å². The Balaban J connectivity index is 2.57. The first-order chi connectivity index (χ1) is 9.08. The minimum Gasteiger partial charge on any atom is -0.496 e. The van der Waals surface area contributed by atoms with Gasteiger partial charge in [-0.05, 0) is 42.3 Å². The molecule has 0 unspecified atom stereocenters. The normalized spacial score (nSPS) is 10.5. The average molecular weight is 278 g/mol. The minimum atomic E-state index is -0.0547. The van der Waals surface area contributed by atoms with Crippen LogP contribution in [0.25, 0.3) is 11.3 Å². The van der Waals surface area contributed by atoms with Crippen molar-refractivity contribution in [3.8, 4) is 17.0 Å². The van der Waals surface area contributed by atoms with Crippen LogP contribution >= 0.6 is 11.6 Å². The SMILES string of the molecule is COc1ccc(-c2ccc(CCl)c(=O)n2C)cc1C. The van der Waals surface area contributed by atoms with Gasteiger partial charge in [-0.15, -0.1) is 11.6 Å². The standard InChI is InChI=1S/C15H16ClNO2/c1-10-8-11(5-7-14(10)19-3)13-6-4-12(9-16)15(18)17(13)2/h4-8H,9H2,1-3H3. The van der Waals surface area contributed by atoms with E-state index in [-0.39, 0.29) is 11.4 Å². The zero-order valence-electron chi connectivity index (χ0n) is 11.2. The lowest BCUT2D eigenvalue weighted by Gasteiger charge is -2.12. The summed E-state index contributed by atoms with van der Waals surface area (Å²) in [7, 11) is 3.40. The molecule has 3 nitrogen and oxygen atoms in total. The number of aromatic nitrogens is 1. The maximum absolute atomic E-state index is 12.1. The third-order valence-electron chi connectivity index (χ3n) is 3.22. The first kappa shape index (κ1) is 13.7. The second-order valence-corrected chi connectivity index (χ2v) is 4.69. The number of nitrogens with zero attached hydrogens (tertiary/aromatic N) is 1. The van der Waals surface area contributed by atoms with Crippen molar-refractivity contribution in [2.45, 2.75) is 12.8 Å². The van der Waals surface area contributed by atoms with Gasteiger partial charge in [-0.3, -0.25) is 4.79 Å². The molecule has 0 fully saturated rings. The van der Waals surface area contributed by atoms with Crippen LogP contribution in [0, 0.1) is 6.92 Å². The highest BCUT2D eigenvalue weighted by molar-refractivity contribution is 6.17. The van der Waals surface area contributed by atoms with E-state index in [1.54, 1.807) is 24.8 Å². The Labute approximate surface area is 117 Å². The van der Waals surface area contributed by atoms with Crippen molar-refractivity contribution >= 4 is 11.6 Å². The second-order valence-electron chi connectivity index (χ2n) is 4.43. The van der Waals surface area contributed by atoms with Crippen LogP contribution in [0.15, 0.2) is 35.1 Å². The lowest BCUT2D eigenvalue weighted by Crippen LogP contribution is -2.21. The predicted molar refractivity (Wildman–Crippen MR) is 78.0 cm³/mol. The highest BCUT2D eigenvalue weighted by Crippen LogP contribution is 2.25. The average Bonchev–Trinajstić information content (AvgIpc) is 2.41. The van der Waals surface area contributed by atoms with E-state index in [4.69, 9.17) is 16.3 Å². The molecule has 4 heteroatoms. The fourth-order valence-electron chi connectivity index (χ4n) is 2.12. The molecule has 19 heavy (non-hydrogen) atoms. The molecule has 1 aromatic heterocycles. The van der Waals surface area contributed by atoms with Gasteiger partial charge < -0.3 is 9.30 Å². The van der Waals surface area contributed by atoms with Gasteiger partial charge in [-0.2, -0.15) is 0 Å². The molecule has 0 saturated heterocycles. The summed E-state index contributed by atoms with van der Waals surface area (Å²) in [5.74, 6) is 1.07. The lowest BCUT2D eigenvalue weighted by atomic mass is 10.1. The summed E-state index contributed by atoms with van der Waals surface area (Å²) >= 11 is 5.74. The summed E-state index contributed by atoms with van der Waals surface area (Å²) in [5.41, 5.74) is 3.44. The Morgan fingerprint density at radius 2 is 2.00 bits per heavy atom. The van der Waals surface area contributed by atoms with E-state index in [9.17, 15) is 4.79 Å². The Kier molecular flexibility index (Phi) is 3.96. The van der Waals surface area contributed by atoms with Crippen molar-refractivity contribution in [3.63, 3.8) is 0 Å². The van der Waals surface area contributed by atoms with Crippen LogP contribution in [0.5, 0.6) is 5.75 Å². The van der Waals surface area contributed by atoms with Gasteiger partial charge in [-0.1, -0.05) is 6.07 Å². The zero-order chi connectivity index (χ0) is 14.0. The first-order valence-corrected chi connectivity index (χ1v) is 6.51. The van der Waals surface area contributed by atoms with Crippen molar-refractivity contribution < 1.29 is 4.74 Å². The van der Waals surface area contributed by atoms with E-state index in [1.807, 2.05) is 31.2 Å². The molecule has 0 atom stereocenters. The molecule has 0 bridgehead atoms. The van der Waals surface area contributed by atoms with Crippen molar-refractivity contribution in [2.24, 2.45) is 7.05 Å². The van der Waals surface area contributed by atoms with E-state index in [0.717, 1.165) is 22.6 Å². The number of hydrogen-bond acceptors (Lipinski definition) is 2. The number of pyridine rings is 1. The van der Waals surface area contributed by atoms with Gasteiger partial charge in [0.25, 0.3) is 5.56 Å². The molecule has 0 saturated carbocycles. The Bertz CT molecular complexity index is 662. The van der Waals surface area contributed by atoms with Crippen LogP contribution in [-0.4, -0.2) is 11.7 Å². The molecular weight excluding hydrogens is 262 g/mol. The van der Waals surface area contributed by atoms with E-state index < -0.39 is 0 Å². The Morgan fingerprint density at radius 3 is 2.58 bits per heavy atom. The van der Waals surface area contributed by atoms with Gasteiger partial charge in [0.2, 0.25) is 0 Å². The first-order valence-electron chi connectivity index (χ1n) is 5.98. The maximum Gasteiger partial charge on any atom is 0.255 e. The molecule has 0 aliphatic carbocycles. The summed E-state index contributed by atoms with van der Waals surface area (Å²) in [6.45, 7) is 1.98. The topological polar surface area (TPSA) is 31.2 Å². The molecule has 2 rings (SSSR count). The molecule has 1 aromatic carbocycles. The van der Waals surface area contributed by atoms with Gasteiger partial charge in [0, 0.05) is 12.6 Å². The summed E-state index contributed by atoms with van der Waals surface area (Å²) in [6, 6.07) is 9.56. The maximum atomic E-state index is 12.1. The smallest absolute Gasteiger partial charge is 0.255 e. The van der Waals surface area contributed by atoms with E-state index in [1.165, 1.54) is 0 Å². The quantitative estimate of drug-likeness (QED) is 0.807. The van der Waals surface area contributed by atoms with Crippen molar-refractivity contribution in [2.75, 3.05) is 7.11 Å². The number of rotatable bonds is 3. The zero-order valence-corrected chi connectivity index (χ0v) is 12.0. The summed E-state index contributed by atoms with van der Waals surface area (Å²) in [6.07, 6.45) is 0. The summed E-state index contributed by atoms with van der Waals surface area (Å²) in [5, 5.41) is 0. The molecular formula is C15H16ClNO2. The predicted octanol–water partition coefficient (Wildman–Crippen LogP) is 3.11. The van der Waals surface area contributed by atoms with Gasteiger partial charge >= 0.3 is 0 Å². The van der Waals surface area contributed by atoms with Crippen LogP contribution < -0.4 is 10.3 Å².